The summed E-state index contributed by atoms with van der Waals surface area (Å²) < 4.78 is 5.32. The van der Waals surface area contributed by atoms with Crippen LogP contribution < -0.4 is 15.4 Å². The first kappa shape index (κ1) is 15.2. The Morgan fingerprint density at radius 3 is 3.00 bits per heavy atom. The lowest BCUT2D eigenvalue weighted by atomic mass is 10.1. The summed E-state index contributed by atoms with van der Waals surface area (Å²) in [5, 5.41) is 17.1. The maximum atomic E-state index is 12.3. The number of ether oxygens (including phenoxy) is 1. The Morgan fingerprint density at radius 1 is 1.57 bits per heavy atom. The van der Waals surface area contributed by atoms with Gasteiger partial charge < -0.3 is 15.4 Å². The van der Waals surface area contributed by atoms with Crippen molar-refractivity contribution in [1.29, 1.82) is 0 Å². The molecular weight excluding hydrogens is 274 g/mol. The van der Waals surface area contributed by atoms with E-state index < -0.39 is 4.92 Å². The smallest absolute Gasteiger partial charge is 0.311 e. The van der Waals surface area contributed by atoms with Crippen LogP contribution in [0, 0.1) is 10.1 Å². The van der Waals surface area contributed by atoms with E-state index in [4.69, 9.17) is 4.74 Å². The zero-order valence-corrected chi connectivity index (χ0v) is 11.9. The molecule has 7 nitrogen and oxygen atoms in total. The molecule has 0 aliphatic carbocycles. The average molecular weight is 293 g/mol. The summed E-state index contributed by atoms with van der Waals surface area (Å²) in [4.78, 5) is 22.8. The van der Waals surface area contributed by atoms with Gasteiger partial charge in [-0.1, -0.05) is 6.07 Å². The predicted molar refractivity (Wildman–Crippen MR) is 77.6 cm³/mol. The maximum absolute atomic E-state index is 12.3. The van der Waals surface area contributed by atoms with Crippen molar-refractivity contribution in [1.82, 2.24) is 10.6 Å². The van der Waals surface area contributed by atoms with Crippen LogP contribution in [-0.4, -0.2) is 36.6 Å². The minimum absolute atomic E-state index is 0.0336. The fourth-order valence-electron chi connectivity index (χ4n) is 2.38. The van der Waals surface area contributed by atoms with Gasteiger partial charge in [0, 0.05) is 18.7 Å². The van der Waals surface area contributed by atoms with Crippen LogP contribution >= 0.6 is 0 Å². The quantitative estimate of drug-likeness (QED) is 0.633. The summed E-state index contributed by atoms with van der Waals surface area (Å²) >= 11 is 0. The first-order valence-electron chi connectivity index (χ1n) is 7.05. The molecule has 7 heteroatoms. The Kier molecular flexibility index (Phi) is 5.10. The number of rotatable bonds is 5. The summed E-state index contributed by atoms with van der Waals surface area (Å²) in [6.07, 6.45) is 1.90. The molecule has 2 N–H and O–H groups in total. The third-order valence-electron chi connectivity index (χ3n) is 3.36. The van der Waals surface area contributed by atoms with Crippen LogP contribution in [0.1, 0.15) is 30.1 Å². The van der Waals surface area contributed by atoms with Crippen molar-refractivity contribution in [3.63, 3.8) is 0 Å². The number of nitrogens with zero attached hydrogens (tertiary/aromatic N) is 1. The summed E-state index contributed by atoms with van der Waals surface area (Å²) in [7, 11) is 0. The molecule has 0 radical (unpaired) electrons. The fourth-order valence-corrected chi connectivity index (χ4v) is 2.38. The van der Waals surface area contributed by atoms with Crippen molar-refractivity contribution < 1.29 is 14.5 Å². The van der Waals surface area contributed by atoms with Gasteiger partial charge in [0.15, 0.2) is 0 Å². The lowest BCUT2D eigenvalue weighted by Gasteiger charge is -2.24. The molecule has 1 aliphatic rings. The Morgan fingerprint density at radius 2 is 2.38 bits per heavy atom. The van der Waals surface area contributed by atoms with Gasteiger partial charge in [0.1, 0.15) is 0 Å². The van der Waals surface area contributed by atoms with Crippen molar-refractivity contribution in [3.05, 3.63) is 33.9 Å². The number of carbonyl (C=O) groups excluding carboxylic acids is 1. The number of hydrogen-bond donors (Lipinski definition) is 2. The van der Waals surface area contributed by atoms with Gasteiger partial charge in [-0.2, -0.15) is 0 Å². The molecule has 2 rings (SSSR count). The van der Waals surface area contributed by atoms with Gasteiger partial charge in [-0.15, -0.1) is 0 Å². The number of benzene rings is 1. The molecule has 1 unspecified atom stereocenters. The summed E-state index contributed by atoms with van der Waals surface area (Å²) in [5.41, 5.74) is 0.0166. The van der Waals surface area contributed by atoms with Crippen LogP contribution in [0.5, 0.6) is 5.75 Å². The van der Waals surface area contributed by atoms with Gasteiger partial charge in [-0.3, -0.25) is 14.9 Å². The molecule has 0 aromatic heterocycles. The Bertz CT molecular complexity index is 527. The van der Waals surface area contributed by atoms with Crippen LogP contribution in [0.15, 0.2) is 18.2 Å². The SMILES string of the molecule is CCOc1c(C(=O)NC2CCCNC2)cccc1[N+](=O)[O-]. The first-order valence-corrected chi connectivity index (χ1v) is 7.05. The van der Waals surface area contributed by atoms with Crippen LogP contribution in [0.3, 0.4) is 0 Å². The van der Waals surface area contributed by atoms with E-state index in [1.807, 2.05) is 0 Å². The highest BCUT2D eigenvalue weighted by molar-refractivity contribution is 5.98. The topological polar surface area (TPSA) is 93.5 Å². The van der Waals surface area contributed by atoms with E-state index in [0.717, 1.165) is 19.4 Å². The molecular formula is C14H19N3O4. The normalized spacial score (nSPS) is 18.0. The van der Waals surface area contributed by atoms with Gasteiger partial charge in [-0.25, -0.2) is 0 Å². The van der Waals surface area contributed by atoms with Crippen molar-refractivity contribution in [2.75, 3.05) is 19.7 Å². The molecule has 1 aliphatic heterocycles. The van der Waals surface area contributed by atoms with Crippen molar-refractivity contribution >= 4 is 11.6 Å². The Hall–Kier alpha value is -2.15. The van der Waals surface area contributed by atoms with Gasteiger partial charge >= 0.3 is 5.69 Å². The van der Waals surface area contributed by atoms with E-state index in [9.17, 15) is 14.9 Å². The lowest BCUT2D eigenvalue weighted by Crippen LogP contribution is -2.45. The fraction of sp³-hybridized carbons (Fsp3) is 0.500. The molecule has 0 spiro atoms. The number of nitro groups is 1. The number of piperidine rings is 1. The van der Waals surface area contributed by atoms with E-state index in [-0.39, 0.29) is 35.6 Å². The standard InChI is InChI=1S/C14H19N3O4/c1-2-21-13-11(6-3-7-12(13)17(19)20)14(18)16-10-5-4-8-15-9-10/h3,6-7,10,15H,2,4-5,8-9H2,1H3,(H,16,18). The molecule has 0 saturated carbocycles. The number of hydrogen-bond acceptors (Lipinski definition) is 5. The van der Waals surface area contributed by atoms with Gasteiger partial charge in [0.25, 0.3) is 5.91 Å². The highest BCUT2D eigenvalue weighted by Gasteiger charge is 2.24. The molecule has 0 bridgehead atoms. The number of carbonyl (C=O) groups is 1. The van der Waals surface area contributed by atoms with Crippen LogP contribution in [0.2, 0.25) is 0 Å². The average Bonchev–Trinajstić information content (AvgIpc) is 2.48. The minimum atomic E-state index is -0.538. The summed E-state index contributed by atoms with van der Waals surface area (Å²) in [6.45, 7) is 3.65. The summed E-state index contributed by atoms with van der Waals surface area (Å²) in [5.74, 6) is -0.304. The van der Waals surface area contributed by atoms with Crippen molar-refractivity contribution in [2.24, 2.45) is 0 Å². The lowest BCUT2D eigenvalue weighted by molar-refractivity contribution is -0.385. The molecule has 114 valence electrons. The Labute approximate surface area is 122 Å². The highest BCUT2D eigenvalue weighted by atomic mass is 16.6. The highest BCUT2D eigenvalue weighted by Crippen LogP contribution is 2.31. The molecule has 1 aromatic carbocycles. The molecule has 1 atom stereocenters. The number of nitrogens with one attached hydrogen (secondary N) is 2. The molecule has 1 fully saturated rings. The van der Waals surface area contributed by atoms with E-state index in [1.54, 1.807) is 13.0 Å². The second-order valence-corrected chi connectivity index (χ2v) is 4.86. The molecule has 1 saturated heterocycles. The third kappa shape index (κ3) is 3.69. The number of para-hydroxylation sites is 1. The summed E-state index contributed by atoms with van der Waals surface area (Å²) in [6, 6.07) is 4.42. The molecule has 1 heterocycles. The second-order valence-electron chi connectivity index (χ2n) is 4.86. The number of amides is 1. The van der Waals surface area contributed by atoms with E-state index in [0.29, 0.717) is 6.54 Å². The largest absolute Gasteiger partial charge is 0.487 e. The molecule has 1 aromatic rings. The van der Waals surface area contributed by atoms with Crippen LogP contribution in [0.4, 0.5) is 5.69 Å². The number of nitro benzene ring substituents is 1. The van der Waals surface area contributed by atoms with E-state index >= 15 is 0 Å². The third-order valence-corrected chi connectivity index (χ3v) is 3.36. The Balaban J connectivity index is 2.22. The first-order chi connectivity index (χ1) is 10.1. The zero-order chi connectivity index (χ0) is 15.2. The van der Waals surface area contributed by atoms with Gasteiger partial charge in [-0.05, 0) is 32.4 Å². The van der Waals surface area contributed by atoms with Crippen molar-refractivity contribution in [3.8, 4) is 5.75 Å². The van der Waals surface area contributed by atoms with Gasteiger partial charge in [0.2, 0.25) is 5.75 Å². The van der Waals surface area contributed by atoms with Crippen LogP contribution in [-0.2, 0) is 0 Å². The van der Waals surface area contributed by atoms with E-state index in [1.165, 1.54) is 12.1 Å². The van der Waals surface area contributed by atoms with Crippen molar-refractivity contribution in [2.45, 2.75) is 25.8 Å². The van der Waals surface area contributed by atoms with Gasteiger partial charge in [0.05, 0.1) is 17.1 Å². The monoisotopic (exact) mass is 293 g/mol. The minimum Gasteiger partial charge on any atom is -0.487 e. The predicted octanol–water partition coefficient (Wildman–Crippen LogP) is 1.48. The second kappa shape index (κ2) is 7.03. The zero-order valence-electron chi connectivity index (χ0n) is 11.9. The maximum Gasteiger partial charge on any atom is 0.311 e. The van der Waals surface area contributed by atoms with Crippen LogP contribution in [0.25, 0.3) is 0 Å². The van der Waals surface area contributed by atoms with E-state index in [2.05, 4.69) is 10.6 Å². The molecule has 21 heavy (non-hydrogen) atoms. The molecule has 1 amide bonds.